The number of aromatic nitrogens is 2. The number of amides is 1. The van der Waals surface area contributed by atoms with Gasteiger partial charge in [-0.05, 0) is 25.0 Å². The molecule has 0 bridgehead atoms. The lowest BCUT2D eigenvalue weighted by Gasteiger charge is -2.32. The summed E-state index contributed by atoms with van der Waals surface area (Å²) in [7, 11) is 1.51. The zero-order valence-electron chi connectivity index (χ0n) is 14.0. The van der Waals surface area contributed by atoms with Crippen LogP contribution in [0, 0.1) is 5.82 Å². The summed E-state index contributed by atoms with van der Waals surface area (Å²) in [5.41, 5.74) is 6.39. The third kappa shape index (κ3) is 4.02. The fourth-order valence-electron chi connectivity index (χ4n) is 3.01. The van der Waals surface area contributed by atoms with Crippen molar-refractivity contribution in [2.24, 2.45) is 5.73 Å². The SMILES string of the molecule is COCC(N)C(=O)N1CCCC(c2nc(-c3cccc(F)c3)no2)C1. The molecule has 3 rings (SSSR count). The van der Waals surface area contributed by atoms with Crippen molar-refractivity contribution in [2.45, 2.75) is 24.8 Å². The van der Waals surface area contributed by atoms with Gasteiger partial charge in [-0.3, -0.25) is 4.79 Å². The Morgan fingerprint density at radius 3 is 3.16 bits per heavy atom. The van der Waals surface area contributed by atoms with Crippen molar-refractivity contribution < 1.29 is 18.4 Å². The monoisotopic (exact) mass is 348 g/mol. The molecule has 1 aliphatic rings. The normalized spacial score (nSPS) is 19.0. The van der Waals surface area contributed by atoms with Gasteiger partial charge in [-0.15, -0.1) is 0 Å². The number of carbonyl (C=O) groups excluding carboxylic acids is 1. The van der Waals surface area contributed by atoms with Gasteiger partial charge in [0.2, 0.25) is 17.6 Å². The molecule has 2 N–H and O–H groups in total. The number of nitrogens with two attached hydrogens (primary N) is 1. The molecule has 1 fully saturated rings. The molecule has 25 heavy (non-hydrogen) atoms. The highest BCUT2D eigenvalue weighted by Gasteiger charge is 2.30. The molecule has 0 saturated carbocycles. The van der Waals surface area contributed by atoms with E-state index in [1.165, 1.54) is 19.2 Å². The Kier molecular flexibility index (Phi) is 5.40. The second-order valence-electron chi connectivity index (χ2n) is 6.15. The van der Waals surface area contributed by atoms with Gasteiger partial charge in [0.1, 0.15) is 11.9 Å². The first-order valence-electron chi connectivity index (χ1n) is 8.21. The van der Waals surface area contributed by atoms with E-state index in [-0.39, 0.29) is 24.2 Å². The number of ether oxygens (including phenoxy) is 1. The largest absolute Gasteiger partial charge is 0.383 e. The molecule has 0 spiro atoms. The predicted octanol–water partition coefficient (Wildman–Crippen LogP) is 1.56. The van der Waals surface area contributed by atoms with Crippen molar-refractivity contribution in [1.29, 1.82) is 0 Å². The average molecular weight is 348 g/mol. The van der Waals surface area contributed by atoms with Crippen molar-refractivity contribution in [1.82, 2.24) is 15.0 Å². The Hall–Kier alpha value is -2.32. The van der Waals surface area contributed by atoms with E-state index in [0.717, 1.165) is 12.8 Å². The number of rotatable bonds is 5. The summed E-state index contributed by atoms with van der Waals surface area (Å²) in [4.78, 5) is 18.4. The maximum Gasteiger partial charge on any atom is 0.241 e. The van der Waals surface area contributed by atoms with Gasteiger partial charge in [-0.1, -0.05) is 17.3 Å². The van der Waals surface area contributed by atoms with Gasteiger partial charge in [0.05, 0.1) is 12.5 Å². The standard InChI is InChI=1S/C17H21FN4O3/c1-24-10-14(19)17(23)22-7-3-5-12(9-22)16-20-15(21-25-16)11-4-2-6-13(18)8-11/h2,4,6,8,12,14H,3,5,7,9-10,19H2,1H3. The number of nitrogens with zero attached hydrogens (tertiary/aromatic N) is 3. The first-order chi connectivity index (χ1) is 12.1. The molecule has 8 heteroatoms. The maximum absolute atomic E-state index is 13.3. The Morgan fingerprint density at radius 1 is 1.56 bits per heavy atom. The van der Waals surface area contributed by atoms with Gasteiger partial charge in [0.15, 0.2) is 0 Å². The lowest BCUT2D eigenvalue weighted by Crippen LogP contribution is -2.49. The van der Waals surface area contributed by atoms with Crippen molar-refractivity contribution in [3.05, 3.63) is 36.0 Å². The van der Waals surface area contributed by atoms with E-state index in [0.29, 0.717) is 30.4 Å². The highest BCUT2D eigenvalue weighted by molar-refractivity contribution is 5.82. The van der Waals surface area contributed by atoms with Crippen molar-refractivity contribution in [3.63, 3.8) is 0 Å². The van der Waals surface area contributed by atoms with Gasteiger partial charge >= 0.3 is 0 Å². The maximum atomic E-state index is 13.3. The average Bonchev–Trinajstić information content (AvgIpc) is 3.11. The molecule has 1 amide bonds. The number of likely N-dealkylation sites (tertiary alicyclic amines) is 1. The van der Waals surface area contributed by atoms with Crippen LogP contribution in [0.2, 0.25) is 0 Å². The van der Waals surface area contributed by atoms with Gasteiger partial charge in [-0.2, -0.15) is 4.98 Å². The molecule has 1 saturated heterocycles. The summed E-state index contributed by atoms with van der Waals surface area (Å²) in [6.07, 6.45) is 1.67. The molecule has 2 aromatic rings. The molecule has 7 nitrogen and oxygen atoms in total. The summed E-state index contributed by atoms with van der Waals surface area (Å²) in [5, 5.41) is 3.94. The van der Waals surface area contributed by atoms with Crippen LogP contribution >= 0.6 is 0 Å². The molecule has 1 aliphatic heterocycles. The van der Waals surface area contributed by atoms with Gasteiger partial charge in [-0.25, -0.2) is 4.39 Å². The zero-order valence-corrected chi connectivity index (χ0v) is 14.0. The number of carbonyl (C=O) groups is 1. The lowest BCUT2D eigenvalue weighted by molar-refractivity contribution is -0.135. The number of benzene rings is 1. The topological polar surface area (TPSA) is 94.5 Å². The van der Waals surface area contributed by atoms with Gasteiger partial charge in [0, 0.05) is 25.8 Å². The highest BCUT2D eigenvalue weighted by atomic mass is 19.1. The summed E-state index contributed by atoms with van der Waals surface area (Å²) in [5.74, 6) is 0.246. The van der Waals surface area contributed by atoms with Crippen LogP contribution < -0.4 is 5.73 Å². The third-order valence-corrected chi connectivity index (χ3v) is 4.27. The Morgan fingerprint density at radius 2 is 2.40 bits per heavy atom. The van der Waals surface area contributed by atoms with Crippen molar-refractivity contribution >= 4 is 5.91 Å². The third-order valence-electron chi connectivity index (χ3n) is 4.27. The molecule has 2 heterocycles. The molecule has 0 radical (unpaired) electrons. The van der Waals surface area contributed by atoms with E-state index in [1.54, 1.807) is 17.0 Å². The minimum Gasteiger partial charge on any atom is -0.383 e. The lowest BCUT2D eigenvalue weighted by atomic mass is 9.97. The van der Waals surface area contributed by atoms with Crippen LogP contribution in [-0.2, 0) is 9.53 Å². The quantitative estimate of drug-likeness (QED) is 0.881. The number of methoxy groups -OCH3 is 1. The molecule has 134 valence electrons. The Labute approximate surface area is 144 Å². The summed E-state index contributed by atoms with van der Waals surface area (Å²) >= 11 is 0. The van der Waals surface area contributed by atoms with Gasteiger partial charge in [0.25, 0.3) is 0 Å². The van der Waals surface area contributed by atoms with Crippen LogP contribution in [0.15, 0.2) is 28.8 Å². The minimum absolute atomic E-state index is 0.0535. The van der Waals surface area contributed by atoms with E-state index < -0.39 is 6.04 Å². The smallest absolute Gasteiger partial charge is 0.241 e. The molecular weight excluding hydrogens is 327 g/mol. The molecule has 1 aromatic heterocycles. The molecule has 1 aromatic carbocycles. The minimum atomic E-state index is -0.672. The van der Waals surface area contributed by atoms with E-state index in [2.05, 4.69) is 10.1 Å². The van der Waals surface area contributed by atoms with Gasteiger partial charge < -0.3 is 19.9 Å². The van der Waals surface area contributed by atoms with Crippen molar-refractivity contribution in [3.8, 4) is 11.4 Å². The predicted molar refractivity (Wildman–Crippen MR) is 88.1 cm³/mol. The zero-order chi connectivity index (χ0) is 17.8. The second-order valence-corrected chi connectivity index (χ2v) is 6.15. The summed E-state index contributed by atoms with van der Waals surface area (Å²) in [6.45, 7) is 1.31. The molecule has 2 atom stereocenters. The highest BCUT2D eigenvalue weighted by Crippen LogP contribution is 2.28. The number of halogens is 1. The fraction of sp³-hybridized carbons (Fsp3) is 0.471. The second kappa shape index (κ2) is 7.71. The number of hydrogen-bond acceptors (Lipinski definition) is 6. The van der Waals surface area contributed by atoms with E-state index >= 15 is 0 Å². The van der Waals surface area contributed by atoms with Crippen LogP contribution in [0.4, 0.5) is 4.39 Å². The first kappa shape index (κ1) is 17.5. The van der Waals surface area contributed by atoms with Crippen LogP contribution in [0.5, 0.6) is 0 Å². The van der Waals surface area contributed by atoms with Crippen molar-refractivity contribution in [2.75, 3.05) is 26.8 Å². The number of piperidine rings is 1. The number of hydrogen-bond donors (Lipinski definition) is 1. The molecule has 2 unspecified atom stereocenters. The Bertz CT molecular complexity index is 736. The van der Waals surface area contributed by atoms with E-state index in [9.17, 15) is 9.18 Å². The van der Waals surface area contributed by atoms with Crippen LogP contribution in [-0.4, -0.2) is 53.8 Å². The van der Waals surface area contributed by atoms with E-state index in [1.807, 2.05) is 0 Å². The molecular formula is C17H21FN4O3. The Balaban J connectivity index is 1.71. The van der Waals surface area contributed by atoms with Crippen LogP contribution in [0.3, 0.4) is 0 Å². The van der Waals surface area contributed by atoms with E-state index in [4.69, 9.17) is 15.0 Å². The first-order valence-corrected chi connectivity index (χ1v) is 8.21. The summed E-state index contributed by atoms with van der Waals surface area (Å²) < 4.78 is 23.6. The molecule has 0 aliphatic carbocycles. The van der Waals surface area contributed by atoms with Crippen LogP contribution in [0.25, 0.3) is 11.4 Å². The summed E-state index contributed by atoms with van der Waals surface area (Å²) in [6, 6.07) is 5.36. The van der Waals surface area contributed by atoms with Crippen LogP contribution in [0.1, 0.15) is 24.7 Å². The fourth-order valence-corrected chi connectivity index (χ4v) is 3.01.